The highest BCUT2D eigenvalue weighted by Crippen LogP contribution is 2.24. The van der Waals surface area contributed by atoms with E-state index in [4.69, 9.17) is 4.74 Å². The van der Waals surface area contributed by atoms with Crippen LogP contribution in [-0.4, -0.2) is 78.3 Å². The lowest BCUT2D eigenvalue weighted by Gasteiger charge is -2.30. The van der Waals surface area contributed by atoms with Crippen molar-refractivity contribution in [2.75, 3.05) is 26.7 Å². The number of hydrogen-bond donors (Lipinski definition) is 2. The number of carbonyl (C=O) groups is 4. The van der Waals surface area contributed by atoms with Crippen molar-refractivity contribution in [1.82, 2.24) is 20.4 Å². The lowest BCUT2D eigenvalue weighted by molar-refractivity contribution is -0.134. The molecule has 4 amide bonds. The Labute approximate surface area is 247 Å². The summed E-state index contributed by atoms with van der Waals surface area (Å²) in [6, 6.07) is 16.0. The summed E-state index contributed by atoms with van der Waals surface area (Å²) in [6.07, 6.45) is 0.909. The SMILES string of the molecule is CN1CCC[C@H](NC(=O)c2cc(F)cc(F)c2)C(=O)N2C[C@@H](NC(=O)c3ccccc3)C[C@H]2COc2cccc(c2)C1=O. The van der Waals surface area contributed by atoms with E-state index in [0.717, 1.165) is 12.1 Å². The lowest BCUT2D eigenvalue weighted by Crippen LogP contribution is -2.52. The number of carbonyl (C=O) groups excluding carboxylic acids is 4. The second kappa shape index (κ2) is 13.0. The molecule has 0 aromatic heterocycles. The Morgan fingerprint density at radius 3 is 2.35 bits per heavy atom. The van der Waals surface area contributed by atoms with Gasteiger partial charge in [-0.2, -0.15) is 0 Å². The van der Waals surface area contributed by atoms with Crippen molar-refractivity contribution in [3.05, 3.63) is 101 Å². The molecule has 43 heavy (non-hydrogen) atoms. The lowest BCUT2D eigenvalue weighted by atomic mass is 10.1. The number of nitrogens with one attached hydrogen (secondary N) is 2. The van der Waals surface area contributed by atoms with E-state index in [1.54, 1.807) is 60.5 Å². The van der Waals surface area contributed by atoms with Crippen LogP contribution < -0.4 is 15.4 Å². The van der Waals surface area contributed by atoms with Crippen LogP contribution in [0.5, 0.6) is 5.75 Å². The second-order valence-corrected chi connectivity index (χ2v) is 10.8. The highest BCUT2D eigenvalue weighted by molar-refractivity contribution is 5.98. The van der Waals surface area contributed by atoms with Gasteiger partial charge in [0, 0.05) is 48.9 Å². The third-order valence-electron chi connectivity index (χ3n) is 7.65. The van der Waals surface area contributed by atoms with E-state index in [2.05, 4.69) is 10.6 Å². The summed E-state index contributed by atoms with van der Waals surface area (Å²) in [4.78, 5) is 56.1. The van der Waals surface area contributed by atoms with Crippen molar-refractivity contribution >= 4 is 23.6 Å². The van der Waals surface area contributed by atoms with Crippen LogP contribution in [0.25, 0.3) is 0 Å². The van der Waals surface area contributed by atoms with Crippen LogP contribution in [0.2, 0.25) is 0 Å². The van der Waals surface area contributed by atoms with Crippen molar-refractivity contribution in [1.29, 1.82) is 0 Å². The summed E-state index contributed by atoms with van der Waals surface area (Å²) in [5.74, 6) is -3.11. The van der Waals surface area contributed by atoms with E-state index in [0.29, 0.717) is 35.8 Å². The number of amides is 4. The molecule has 0 unspecified atom stereocenters. The molecule has 0 saturated carbocycles. The standard InChI is InChI=1S/C32H32F2N4O5/c1-37-12-6-11-28(36-30(40)22-13-23(33)16-24(34)14-22)32(42)38-18-25(35-29(39)20-7-3-2-4-8-20)17-26(38)19-43-27-10-5-9-21(15-27)31(37)41/h2-5,7-10,13-16,25-26,28H,6,11-12,17-19H2,1H3,(H,35,39)(H,36,40)/t25-,26-,28-/m0/s1. The first-order valence-electron chi connectivity index (χ1n) is 14.1. The van der Waals surface area contributed by atoms with Gasteiger partial charge in [-0.15, -0.1) is 0 Å². The van der Waals surface area contributed by atoms with E-state index in [-0.39, 0.29) is 43.5 Å². The first kappa shape index (κ1) is 29.7. The molecule has 3 aromatic rings. The number of benzene rings is 3. The van der Waals surface area contributed by atoms with Crippen molar-refractivity contribution in [3.8, 4) is 5.75 Å². The molecule has 0 spiro atoms. The third kappa shape index (κ3) is 7.17. The molecule has 3 atom stereocenters. The topological polar surface area (TPSA) is 108 Å². The van der Waals surface area contributed by atoms with Crippen LogP contribution in [0.3, 0.4) is 0 Å². The summed E-state index contributed by atoms with van der Waals surface area (Å²) in [5, 5.41) is 5.64. The Bertz CT molecular complexity index is 1500. The Balaban J connectivity index is 1.41. The molecule has 2 N–H and O–H groups in total. The van der Waals surface area contributed by atoms with E-state index in [9.17, 15) is 28.0 Å². The van der Waals surface area contributed by atoms with Gasteiger partial charge in [0.2, 0.25) is 5.91 Å². The number of nitrogens with zero attached hydrogens (tertiary/aromatic N) is 2. The van der Waals surface area contributed by atoms with E-state index in [1.165, 1.54) is 4.90 Å². The fraction of sp³-hybridized carbons (Fsp3) is 0.312. The Morgan fingerprint density at radius 1 is 0.884 bits per heavy atom. The van der Waals surface area contributed by atoms with Crippen molar-refractivity contribution in [3.63, 3.8) is 0 Å². The molecule has 1 fully saturated rings. The summed E-state index contributed by atoms with van der Waals surface area (Å²) < 4.78 is 33.7. The van der Waals surface area contributed by atoms with Crippen LogP contribution in [0.4, 0.5) is 8.78 Å². The summed E-state index contributed by atoms with van der Waals surface area (Å²) in [6.45, 7) is 0.537. The molecule has 224 valence electrons. The van der Waals surface area contributed by atoms with E-state index >= 15 is 0 Å². The molecule has 2 heterocycles. The van der Waals surface area contributed by atoms with Gasteiger partial charge in [-0.3, -0.25) is 19.2 Å². The smallest absolute Gasteiger partial charge is 0.253 e. The number of hydrogen-bond acceptors (Lipinski definition) is 5. The van der Waals surface area contributed by atoms with E-state index < -0.39 is 41.6 Å². The average molecular weight is 591 g/mol. The molecular formula is C32H32F2N4O5. The average Bonchev–Trinajstić information content (AvgIpc) is 3.40. The number of ether oxygens (including phenoxy) is 1. The largest absolute Gasteiger partial charge is 0.491 e. The van der Waals surface area contributed by atoms with Gasteiger partial charge >= 0.3 is 0 Å². The normalized spacial score (nSPS) is 21.0. The zero-order chi connectivity index (χ0) is 30.5. The molecule has 1 saturated heterocycles. The zero-order valence-corrected chi connectivity index (χ0v) is 23.6. The molecule has 2 aliphatic heterocycles. The fourth-order valence-corrected chi connectivity index (χ4v) is 5.46. The van der Waals surface area contributed by atoms with Gasteiger partial charge in [0.15, 0.2) is 0 Å². The number of rotatable bonds is 4. The Morgan fingerprint density at radius 2 is 1.60 bits per heavy atom. The monoisotopic (exact) mass is 590 g/mol. The summed E-state index contributed by atoms with van der Waals surface area (Å²) in [7, 11) is 1.64. The zero-order valence-electron chi connectivity index (χ0n) is 23.6. The summed E-state index contributed by atoms with van der Waals surface area (Å²) in [5.41, 5.74) is 0.670. The summed E-state index contributed by atoms with van der Waals surface area (Å²) >= 11 is 0. The maximum atomic E-state index is 14.0. The van der Waals surface area contributed by atoms with Crippen LogP contribution >= 0.6 is 0 Å². The van der Waals surface area contributed by atoms with Gasteiger partial charge in [0.1, 0.15) is 30.0 Å². The molecule has 2 bridgehead atoms. The van der Waals surface area contributed by atoms with Gasteiger partial charge < -0.3 is 25.2 Å². The van der Waals surface area contributed by atoms with Gasteiger partial charge in [-0.25, -0.2) is 8.78 Å². The van der Waals surface area contributed by atoms with Crippen LogP contribution in [0.1, 0.15) is 50.3 Å². The predicted octanol–water partition coefficient (Wildman–Crippen LogP) is 3.41. The van der Waals surface area contributed by atoms with Gasteiger partial charge in [0.25, 0.3) is 17.7 Å². The molecule has 5 rings (SSSR count). The minimum atomic E-state index is -1.06. The third-order valence-corrected chi connectivity index (χ3v) is 7.65. The maximum Gasteiger partial charge on any atom is 0.253 e. The number of halogens is 2. The highest BCUT2D eigenvalue weighted by atomic mass is 19.1. The first-order valence-corrected chi connectivity index (χ1v) is 14.1. The predicted molar refractivity (Wildman–Crippen MR) is 154 cm³/mol. The van der Waals surface area contributed by atoms with Crippen LogP contribution in [0.15, 0.2) is 72.8 Å². The van der Waals surface area contributed by atoms with E-state index in [1.807, 2.05) is 6.07 Å². The molecule has 11 heteroatoms. The quantitative estimate of drug-likeness (QED) is 0.485. The first-order chi connectivity index (χ1) is 20.7. The van der Waals surface area contributed by atoms with Crippen molar-refractivity contribution in [2.45, 2.75) is 37.4 Å². The molecule has 2 aliphatic rings. The Hall–Kier alpha value is -4.80. The van der Waals surface area contributed by atoms with Crippen LogP contribution in [-0.2, 0) is 4.79 Å². The fourth-order valence-electron chi connectivity index (χ4n) is 5.46. The highest BCUT2D eigenvalue weighted by Gasteiger charge is 2.39. The molecule has 9 nitrogen and oxygen atoms in total. The second-order valence-electron chi connectivity index (χ2n) is 10.8. The van der Waals surface area contributed by atoms with Crippen molar-refractivity contribution in [2.24, 2.45) is 0 Å². The maximum absolute atomic E-state index is 14.0. The van der Waals surface area contributed by atoms with Gasteiger partial charge in [-0.05, 0) is 61.7 Å². The van der Waals surface area contributed by atoms with Crippen molar-refractivity contribution < 1.29 is 32.7 Å². The Kier molecular flexibility index (Phi) is 8.98. The molecule has 0 radical (unpaired) electrons. The number of fused-ring (bicyclic) bond motifs is 3. The molecule has 0 aliphatic carbocycles. The van der Waals surface area contributed by atoms with Gasteiger partial charge in [-0.1, -0.05) is 24.3 Å². The molecule has 3 aromatic carbocycles. The molecular weight excluding hydrogens is 558 g/mol. The van der Waals surface area contributed by atoms with Gasteiger partial charge in [0.05, 0.1) is 6.04 Å². The minimum Gasteiger partial charge on any atom is -0.491 e. The van der Waals surface area contributed by atoms with Crippen LogP contribution in [0, 0.1) is 11.6 Å². The minimum absolute atomic E-state index is 0.0761.